The van der Waals surface area contributed by atoms with Gasteiger partial charge in [0.1, 0.15) is 0 Å². The maximum absolute atomic E-state index is 4.31. The van der Waals surface area contributed by atoms with Gasteiger partial charge in [-0.1, -0.05) is 30.3 Å². The molecule has 1 aliphatic rings. The molecule has 1 aliphatic carbocycles. The summed E-state index contributed by atoms with van der Waals surface area (Å²) < 4.78 is 2.34. The van der Waals surface area contributed by atoms with Crippen LogP contribution in [-0.4, -0.2) is 9.55 Å². The van der Waals surface area contributed by atoms with Crippen molar-refractivity contribution in [3.63, 3.8) is 0 Å². The molecule has 2 nitrogen and oxygen atoms in total. The van der Waals surface area contributed by atoms with Crippen molar-refractivity contribution in [3.05, 3.63) is 42.9 Å². The van der Waals surface area contributed by atoms with Gasteiger partial charge in [0.2, 0.25) is 0 Å². The summed E-state index contributed by atoms with van der Waals surface area (Å²) in [5.41, 5.74) is 2.79. The van der Waals surface area contributed by atoms with E-state index < -0.39 is 0 Å². The second-order valence-electron chi connectivity index (χ2n) is 4.87. The summed E-state index contributed by atoms with van der Waals surface area (Å²) in [5.74, 6) is 0. The Bertz CT molecular complexity index is 480. The molecule has 0 radical (unpaired) electrons. The van der Waals surface area contributed by atoms with Crippen LogP contribution in [0.3, 0.4) is 0 Å². The number of hydrogen-bond donors (Lipinski definition) is 0. The summed E-state index contributed by atoms with van der Waals surface area (Å²) in [7, 11) is 0. The van der Waals surface area contributed by atoms with Gasteiger partial charge in [0.05, 0.1) is 18.2 Å². The Balaban J connectivity index is 2.06. The molecule has 16 heavy (non-hydrogen) atoms. The zero-order valence-corrected chi connectivity index (χ0v) is 9.56. The van der Waals surface area contributed by atoms with Crippen LogP contribution in [0.1, 0.15) is 26.2 Å². The largest absolute Gasteiger partial charge is 0.325 e. The maximum Gasteiger partial charge on any atom is 0.0956 e. The molecular weight excluding hydrogens is 196 g/mol. The van der Waals surface area contributed by atoms with Crippen molar-refractivity contribution in [1.82, 2.24) is 9.55 Å². The van der Waals surface area contributed by atoms with Crippen LogP contribution < -0.4 is 0 Å². The summed E-state index contributed by atoms with van der Waals surface area (Å²) in [5, 5.41) is 0. The second kappa shape index (κ2) is 3.48. The third kappa shape index (κ3) is 1.37. The smallest absolute Gasteiger partial charge is 0.0956 e. The first-order valence-electron chi connectivity index (χ1n) is 5.88. The highest BCUT2D eigenvalue weighted by Gasteiger charge is 2.34. The van der Waals surface area contributed by atoms with Gasteiger partial charge in [0, 0.05) is 5.54 Å². The van der Waals surface area contributed by atoms with Crippen molar-refractivity contribution in [1.29, 1.82) is 0 Å². The lowest BCUT2D eigenvalue weighted by molar-refractivity contribution is 0.170. The number of benzene rings is 1. The predicted octanol–water partition coefficient (Wildman–Crippen LogP) is 3.45. The molecule has 0 unspecified atom stereocenters. The quantitative estimate of drug-likeness (QED) is 0.745. The lowest BCUT2D eigenvalue weighted by Gasteiger charge is -2.40. The van der Waals surface area contributed by atoms with E-state index in [0.29, 0.717) is 5.54 Å². The number of imidazole rings is 1. The summed E-state index contributed by atoms with van der Waals surface area (Å²) in [6, 6.07) is 10.5. The van der Waals surface area contributed by atoms with E-state index >= 15 is 0 Å². The molecule has 0 bridgehead atoms. The van der Waals surface area contributed by atoms with E-state index in [2.05, 4.69) is 46.8 Å². The third-order valence-corrected chi connectivity index (χ3v) is 3.72. The van der Waals surface area contributed by atoms with E-state index in [1.165, 1.54) is 30.5 Å². The van der Waals surface area contributed by atoms with Gasteiger partial charge in [-0.05, 0) is 31.7 Å². The van der Waals surface area contributed by atoms with Gasteiger partial charge in [-0.3, -0.25) is 0 Å². The highest BCUT2D eigenvalue weighted by Crippen LogP contribution is 2.41. The van der Waals surface area contributed by atoms with Crippen LogP contribution in [0.5, 0.6) is 0 Å². The van der Waals surface area contributed by atoms with Gasteiger partial charge in [-0.15, -0.1) is 0 Å². The van der Waals surface area contributed by atoms with Crippen LogP contribution in [-0.2, 0) is 5.54 Å². The third-order valence-electron chi connectivity index (χ3n) is 3.72. The van der Waals surface area contributed by atoms with Gasteiger partial charge in [-0.2, -0.15) is 0 Å². The maximum atomic E-state index is 4.31. The first-order valence-corrected chi connectivity index (χ1v) is 5.88. The lowest BCUT2D eigenvalue weighted by atomic mass is 9.78. The average molecular weight is 212 g/mol. The molecule has 3 rings (SSSR count). The number of aromatic nitrogens is 2. The molecule has 0 amide bonds. The molecular formula is C14H16N2. The number of nitrogens with zero attached hydrogens (tertiary/aromatic N) is 2. The SMILES string of the molecule is CC1(n2cncc2-c2ccccc2)CCC1. The lowest BCUT2D eigenvalue weighted by Crippen LogP contribution is -2.37. The van der Waals surface area contributed by atoms with Crippen molar-refractivity contribution in [3.8, 4) is 11.3 Å². The molecule has 82 valence electrons. The average Bonchev–Trinajstić information content (AvgIpc) is 2.76. The monoisotopic (exact) mass is 212 g/mol. The molecule has 1 saturated carbocycles. The summed E-state index contributed by atoms with van der Waals surface area (Å²) in [6.45, 7) is 2.32. The fraction of sp³-hybridized carbons (Fsp3) is 0.357. The van der Waals surface area contributed by atoms with E-state index in [1.54, 1.807) is 0 Å². The highest BCUT2D eigenvalue weighted by atomic mass is 15.1. The van der Waals surface area contributed by atoms with Crippen LogP contribution >= 0.6 is 0 Å². The van der Waals surface area contributed by atoms with Crippen molar-refractivity contribution in [2.24, 2.45) is 0 Å². The molecule has 2 heteroatoms. The van der Waals surface area contributed by atoms with Gasteiger partial charge in [0.25, 0.3) is 0 Å². The molecule has 0 saturated heterocycles. The Kier molecular flexibility index (Phi) is 2.10. The van der Waals surface area contributed by atoms with Gasteiger partial charge in [0.15, 0.2) is 0 Å². The fourth-order valence-corrected chi connectivity index (χ4v) is 2.48. The minimum absolute atomic E-state index is 0.293. The summed E-state index contributed by atoms with van der Waals surface area (Å²) >= 11 is 0. The van der Waals surface area contributed by atoms with Crippen LogP contribution in [0.2, 0.25) is 0 Å². The molecule has 1 aromatic carbocycles. The van der Waals surface area contributed by atoms with Crippen molar-refractivity contribution >= 4 is 0 Å². The van der Waals surface area contributed by atoms with Crippen LogP contribution in [0.15, 0.2) is 42.9 Å². The first-order chi connectivity index (χ1) is 7.80. The van der Waals surface area contributed by atoms with E-state index in [0.717, 1.165) is 0 Å². The zero-order chi connectivity index (χ0) is 11.0. The van der Waals surface area contributed by atoms with Gasteiger partial charge >= 0.3 is 0 Å². The molecule has 0 N–H and O–H groups in total. The fourth-order valence-electron chi connectivity index (χ4n) is 2.48. The molecule has 0 aliphatic heterocycles. The Morgan fingerprint density at radius 1 is 1.19 bits per heavy atom. The Morgan fingerprint density at radius 2 is 1.94 bits per heavy atom. The summed E-state index contributed by atoms with van der Waals surface area (Å²) in [6.07, 6.45) is 7.82. The van der Waals surface area contributed by atoms with E-state index in [4.69, 9.17) is 0 Å². The van der Waals surface area contributed by atoms with E-state index in [-0.39, 0.29) is 0 Å². The molecule has 0 atom stereocenters. The standard InChI is InChI=1S/C14H16N2/c1-14(8-5-9-14)16-11-15-10-13(16)12-6-3-2-4-7-12/h2-4,6-7,10-11H,5,8-9H2,1H3. The normalized spacial score (nSPS) is 18.1. The van der Waals surface area contributed by atoms with Crippen molar-refractivity contribution < 1.29 is 0 Å². The van der Waals surface area contributed by atoms with Crippen molar-refractivity contribution in [2.75, 3.05) is 0 Å². The van der Waals surface area contributed by atoms with E-state index in [9.17, 15) is 0 Å². The zero-order valence-electron chi connectivity index (χ0n) is 9.56. The molecule has 1 heterocycles. The Labute approximate surface area is 95.9 Å². The van der Waals surface area contributed by atoms with Crippen LogP contribution in [0, 0.1) is 0 Å². The molecule has 1 aromatic heterocycles. The molecule has 2 aromatic rings. The topological polar surface area (TPSA) is 17.8 Å². The van der Waals surface area contributed by atoms with Crippen LogP contribution in [0.25, 0.3) is 11.3 Å². The minimum Gasteiger partial charge on any atom is -0.325 e. The van der Waals surface area contributed by atoms with Gasteiger partial charge < -0.3 is 4.57 Å². The van der Waals surface area contributed by atoms with Crippen LogP contribution in [0.4, 0.5) is 0 Å². The number of hydrogen-bond acceptors (Lipinski definition) is 1. The molecule has 0 spiro atoms. The first kappa shape index (κ1) is 9.64. The van der Waals surface area contributed by atoms with Gasteiger partial charge in [-0.25, -0.2) is 4.98 Å². The second-order valence-corrected chi connectivity index (χ2v) is 4.87. The minimum atomic E-state index is 0.293. The Morgan fingerprint density at radius 3 is 2.56 bits per heavy atom. The number of rotatable bonds is 2. The Hall–Kier alpha value is -1.57. The molecule has 1 fully saturated rings. The van der Waals surface area contributed by atoms with E-state index in [1.807, 2.05) is 12.5 Å². The van der Waals surface area contributed by atoms with Crippen molar-refractivity contribution in [2.45, 2.75) is 31.7 Å². The highest BCUT2D eigenvalue weighted by molar-refractivity contribution is 5.59. The summed E-state index contributed by atoms with van der Waals surface area (Å²) in [4.78, 5) is 4.31. The predicted molar refractivity (Wildman–Crippen MR) is 65.2 cm³/mol.